The molecule has 0 unspecified atom stereocenters. The van der Waals surface area contributed by atoms with Crippen LogP contribution in [0.4, 0.5) is 4.79 Å². The molecule has 0 spiro atoms. The zero-order valence-electron chi connectivity index (χ0n) is 32.2. The number of carbonyl (C=O) groups excluding carboxylic acids is 4. The molecule has 1 aromatic carbocycles. The predicted molar refractivity (Wildman–Crippen MR) is 208 cm³/mol. The highest BCUT2D eigenvalue weighted by Gasteiger charge is 2.62. The summed E-state index contributed by atoms with van der Waals surface area (Å²) >= 11 is 0. The number of hydrogen-bond acceptors (Lipinski definition) is 11. The zero-order chi connectivity index (χ0) is 39.5. The topological polar surface area (TPSA) is 199 Å². The van der Waals surface area contributed by atoms with Crippen molar-refractivity contribution in [2.45, 2.75) is 144 Å². The summed E-state index contributed by atoms with van der Waals surface area (Å²) in [5.41, 5.74) is 1.18. The van der Waals surface area contributed by atoms with Gasteiger partial charge in [-0.1, -0.05) is 36.6 Å². The number of hydrogen-bond donors (Lipinski definition) is 3. The summed E-state index contributed by atoms with van der Waals surface area (Å²) in [7, 11) is -3.90. The molecule has 5 fully saturated rings. The third kappa shape index (κ3) is 7.81. The lowest BCUT2D eigenvalue weighted by atomic mass is 10.0. The number of furan rings is 1. The Balaban J connectivity index is 1.03. The molecule has 3 aromatic rings. The van der Waals surface area contributed by atoms with Crippen molar-refractivity contribution in [2.24, 2.45) is 5.92 Å². The van der Waals surface area contributed by atoms with Gasteiger partial charge in [-0.25, -0.2) is 18.2 Å². The van der Waals surface area contributed by atoms with Crippen molar-refractivity contribution in [2.75, 3.05) is 6.54 Å². The van der Waals surface area contributed by atoms with Crippen molar-refractivity contribution >= 4 is 55.9 Å². The van der Waals surface area contributed by atoms with Crippen molar-refractivity contribution in [1.82, 2.24) is 30.2 Å². The summed E-state index contributed by atoms with van der Waals surface area (Å²) < 4.78 is 46.6. The van der Waals surface area contributed by atoms with Gasteiger partial charge >= 0.3 is 6.09 Å². The van der Waals surface area contributed by atoms with Crippen LogP contribution in [0, 0.1) is 12.8 Å². The Kier molecular flexibility index (Phi) is 9.88. The summed E-state index contributed by atoms with van der Waals surface area (Å²) in [4.78, 5) is 67.3. The molecule has 5 atom stereocenters. The van der Waals surface area contributed by atoms with Crippen LogP contribution in [-0.2, 0) is 29.1 Å². The summed E-state index contributed by atoms with van der Waals surface area (Å²) in [5, 5.41) is 5.95. The standard InChI is InChI=1S/C41H50N6O9S/c1-23-13-18-32-29(19-23)33-34(56-32)37(44-35(43-33)24-14-15-24)54-27-20-31-36(48)45-41(39(50)46-57(52,53)28-16-17-28)21-25(41)9-5-3-2-4-6-12-30(38(49)47(31)22-27)42-40(51)55-26-10-7-8-11-26/h5,9,13,18-19,24-28,30-31H,2-4,6-8,10-12,14-17,20-22H2,1H3,(H,42,51)(H,45,48)(H,46,50)/t25-,27-,30+,31+,41-/m1/s1. The van der Waals surface area contributed by atoms with Gasteiger partial charge in [-0.2, -0.15) is 4.98 Å². The van der Waals surface area contributed by atoms with Crippen LogP contribution in [0.25, 0.3) is 22.1 Å². The highest BCUT2D eigenvalue weighted by molar-refractivity contribution is 7.91. The molecule has 304 valence electrons. The van der Waals surface area contributed by atoms with E-state index in [4.69, 9.17) is 23.9 Å². The van der Waals surface area contributed by atoms with Crippen LogP contribution in [-0.4, -0.2) is 88.7 Å². The monoisotopic (exact) mass is 802 g/mol. The number of alkyl carbamates (subject to hydrolysis) is 1. The molecule has 4 amide bonds. The smallest absolute Gasteiger partial charge is 0.408 e. The van der Waals surface area contributed by atoms with E-state index in [1.165, 1.54) is 4.90 Å². The highest BCUT2D eigenvalue weighted by atomic mass is 32.2. The number of ether oxygens (including phenoxy) is 2. The van der Waals surface area contributed by atoms with Crippen molar-refractivity contribution < 1.29 is 41.5 Å². The van der Waals surface area contributed by atoms with Crippen LogP contribution in [0.2, 0.25) is 0 Å². The van der Waals surface area contributed by atoms with Gasteiger partial charge in [0.25, 0.3) is 11.8 Å². The normalized spacial score (nSPS) is 28.6. The zero-order valence-corrected chi connectivity index (χ0v) is 33.0. The van der Waals surface area contributed by atoms with Crippen molar-refractivity contribution in [3.8, 4) is 5.88 Å². The van der Waals surface area contributed by atoms with E-state index in [9.17, 15) is 27.6 Å². The number of aromatic nitrogens is 2. The molecule has 4 aliphatic carbocycles. The van der Waals surface area contributed by atoms with Gasteiger partial charge < -0.3 is 29.4 Å². The van der Waals surface area contributed by atoms with E-state index in [0.717, 1.165) is 62.3 Å². The third-order valence-electron chi connectivity index (χ3n) is 12.4. The van der Waals surface area contributed by atoms with Gasteiger partial charge in [0.15, 0.2) is 0 Å². The summed E-state index contributed by atoms with van der Waals surface area (Å²) in [6.07, 6.45) is 12.1. The molecular formula is C41H50N6O9S. The molecule has 0 bridgehead atoms. The molecule has 2 aliphatic heterocycles. The molecule has 0 radical (unpaired) electrons. The first-order valence-electron chi connectivity index (χ1n) is 20.7. The Labute approximate surface area is 331 Å². The minimum absolute atomic E-state index is 0.0189. The average molecular weight is 803 g/mol. The minimum Gasteiger partial charge on any atom is -0.470 e. The van der Waals surface area contributed by atoms with E-state index in [1.54, 1.807) is 0 Å². The van der Waals surface area contributed by atoms with Gasteiger partial charge in [0.1, 0.15) is 46.8 Å². The van der Waals surface area contributed by atoms with E-state index >= 15 is 0 Å². The average Bonchev–Trinajstić information content (AvgIpc) is 4.14. The van der Waals surface area contributed by atoms with Crippen molar-refractivity contribution in [3.63, 3.8) is 0 Å². The number of rotatable bonds is 8. The van der Waals surface area contributed by atoms with E-state index < -0.39 is 68.7 Å². The van der Waals surface area contributed by atoms with E-state index in [0.29, 0.717) is 54.6 Å². The van der Waals surface area contributed by atoms with Crippen LogP contribution in [0.15, 0.2) is 34.8 Å². The van der Waals surface area contributed by atoms with Crippen LogP contribution in [0.5, 0.6) is 5.88 Å². The number of nitrogens with one attached hydrogen (secondary N) is 3. The Bertz CT molecular complexity index is 2240. The molecule has 16 heteroatoms. The Morgan fingerprint density at radius 3 is 2.54 bits per heavy atom. The third-order valence-corrected chi connectivity index (χ3v) is 14.2. The second kappa shape index (κ2) is 14.9. The first kappa shape index (κ1) is 37.8. The van der Waals surface area contributed by atoms with Crippen molar-refractivity contribution in [3.05, 3.63) is 41.7 Å². The van der Waals surface area contributed by atoms with Crippen LogP contribution in [0.3, 0.4) is 0 Å². The first-order chi connectivity index (χ1) is 27.5. The lowest BCUT2D eigenvalue weighted by Crippen LogP contribution is -2.58. The number of carbonyl (C=O) groups is 4. The molecular weight excluding hydrogens is 753 g/mol. The number of aryl methyl sites for hydroxylation is 1. The van der Waals surface area contributed by atoms with Gasteiger partial charge in [0, 0.05) is 23.6 Å². The highest BCUT2D eigenvalue weighted by Crippen LogP contribution is 2.46. The summed E-state index contributed by atoms with van der Waals surface area (Å²) in [5.74, 6) is -1.22. The fraction of sp³-hybridized carbons (Fsp3) is 0.610. The van der Waals surface area contributed by atoms with E-state index in [-0.39, 0.29) is 37.3 Å². The number of fused-ring (bicyclic) bond motifs is 5. The fourth-order valence-corrected chi connectivity index (χ4v) is 10.1. The second-order valence-electron chi connectivity index (χ2n) is 16.9. The molecule has 2 aromatic heterocycles. The van der Waals surface area contributed by atoms with Crippen molar-refractivity contribution in [1.29, 1.82) is 0 Å². The molecule has 1 saturated heterocycles. The molecule has 9 rings (SSSR count). The maximum Gasteiger partial charge on any atom is 0.408 e. The summed E-state index contributed by atoms with van der Waals surface area (Å²) in [6.45, 7) is 1.98. The molecule has 4 heterocycles. The minimum atomic E-state index is -3.90. The molecule has 15 nitrogen and oxygen atoms in total. The molecule has 3 N–H and O–H groups in total. The number of benzene rings is 1. The molecule has 6 aliphatic rings. The number of sulfonamides is 1. The van der Waals surface area contributed by atoms with Gasteiger partial charge in [-0.05, 0) is 96.1 Å². The Morgan fingerprint density at radius 1 is 0.982 bits per heavy atom. The lowest BCUT2D eigenvalue weighted by molar-refractivity contribution is -0.141. The predicted octanol–water partition coefficient (Wildman–Crippen LogP) is 4.95. The van der Waals surface area contributed by atoms with Gasteiger partial charge in [0.05, 0.1) is 11.8 Å². The van der Waals surface area contributed by atoms with Crippen LogP contribution >= 0.6 is 0 Å². The maximum atomic E-state index is 14.7. The van der Waals surface area contributed by atoms with Gasteiger partial charge in [-0.3, -0.25) is 19.1 Å². The summed E-state index contributed by atoms with van der Waals surface area (Å²) in [6, 6.07) is 3.76. The first-order valence-corrected chi connectivity index (χ1v) is 22.2. The maximum absolute atomic E-state index is 14.7. The second-order valence-corrected chi connectivity index (χ2v) is 18.9. The van der Waals surface area contributed by atoms with Crippen LogP contribution in [0.1, 0.15) is 114 Å². The quantitative estimate of drug-likeness (QED) is 0.261. The molecule has 4 saturated carbocycles. The fourth-order valence-electron chi connectivity index (χ4n) is 8.69. The lowest BCUT2D eigenvalue weighted by Gasteiger charge is -2.30. The Morgan fingerprint density at radius 2 is 1.77 bits per heavy atom. The van der Waals surface area contributed by atoms with Gasteiger partial charge in [-0.15, -0.1) is 0 Å². The SMILES string of the molecule is Cc1ccc2oc3c(O[C@@H]4C[C@H]5C(=O)N[C@]6(C(=O)NS(=O)(=O)C7CC7)C[C@H]6C=CCCCCC[C@H](NC(=O)OC6CCCC6)C(=O)N5C4)nc(C4CC4)nc3c2c1. The number of amides is 4. The van der Waals surface area contributed by atoms with Gasteiger partial charge in [0.2, 0.25) is 27.4 Å². The number of nitrogens with zero attached hydrogens (tertiary/aromatic N) is 3. The Hall–Kier alpha value is -4.73. The molecule has 57 heavy (non-hydrogen) atoms. The largest absolute Gasteiger partial charge is 0.470 e. The van der Waals surface area contributed by atoms with Crippen LogP contribution < -0.4 is 20.1 Å². The van der Waals surface area contributed by atoms with E-state index in [1.807, 2.05) is 37.3 Å². The number of allylic oxidation sites excluding steroid dienone is 1. The van der Waals surface area contributed by atoms with E-state index in [2.05, 4.69) is 15.4 Å².